The second kappa shape index (κ2) is 8.06. The fourth-order valence-electron chi connectivity index (χ4n) is 0.750. The molecule has 0 aliphatic rings. The van der Waals surface area contributed by atoms with E-state index in [9.17, 15) is 0 Å². The molecule has 0 aromatic heterocycles. The monoisotopic (exact) mass is 160 g/mol. The van der Waals surface area contributed by atoms with Crippen molar-refractivity contribution in [2.75, 3.05) is 6.61 Å². The van der Waals surface area contributed by atoms with Crippen molar-refractivity contribution in [3.63, 3.8) is 0 Å². The molecule has 70 valence electrons. The Morgan fingerprint density at radius 1 is 1.00 bits per heavy atom. The van der Waals surface area contributed by atoms with E-state index in [2.05, 4.69) is 27.7 Å². The summed E-state index contributed by atoms with van der Waals surface area (Å²) in [6, 6.07) is 0. The summed E-state index contributed by atoms with van der Waals surface area (Å²) in [6.45, 7) is 11.3. The molecule has 0 radical (unpaired) electrons. The zero-order chi connectivity index (χ0) is 9.33. The van der Waals surface area contributed by atoms with Crippen LogP contribution in [0.15, 0.2) is 0 Å². The molecule has 1 heteroatoms. The molecule has 0 amide bonds. The van der Waals surface area contributed by atoms with E-state index in [-0.39, 0.29) is 0 Å². The number of hydrogen-bond acceptors (Lipinski definition) is 1. The summed E-state index contributed by atoms with van der Waals surface area (Å²) >= 11 is 0. The van der Waals surface area contributed by atoms with Crippen LogP contribution in [0.1, 0.15) is 53.9 Å². The Hall–Kier alpha value is -0.0400. The van der Waals surface area contributed by atoms with Crippen LogP contribution in [0.2, 0.25) is 0 Å². The van der Waals surface area contributed by atoms with E-state index < -0.39 is 0 Å². The van der Waals surface area contributed by atoms with Crippen LogP contribution < -0.4 is 0 Å². The van der Waals surface area contributed by atoms with Gasteiger partial charge in [0.15, 0.2) is 0 Å². The van der Waals surface area contributed by atoms with E-state index in [4.69, 9.17) is 5.11 Å². The fraction of sp³-hybridized carbons (Fsp3) is 1.00. The molecule has 0 saturated carbocycles. The van der Waals surface area contributed by atoms with Gasteiger partial charge in [0, 0.05) is 6.61 Å². The minimum Gasteiger partial charge on any atom is -0.396 e. The standard InChI is InChI=1S/C7H16.C3H8O/c1-5-6-7(2,3)4;1-2-3-4/h5-6H2,1-4H3;4H,2-3H2,1H3. The van der Waals surface area contributed by atoms with Gasteiger partial charge in [0.1, 0.15) is 0 Å². The lowest BCUT2D eigenvalue weighted by Gasteiger charge is -2.15. The van der Waals surface area contributed by atoms with Crippen molar-refractivity contribution in [3.05, 3.63) is 0 Å². The Bertz CT molecular complexity index is 59.8. The highest BCUT2D eigenvalue weighted by molar-refractivity contribution is 4.58. The van der Waals surface area contributed by atoms with Gasteiger partial charge < -0.3 is 5.11 Å². The summed E-state index contributed by atoms with van der Waals surface area (Å²) in [7, 11) is 0. The van der Waals surface area contributed by atoms with Crippen molar-refractivity contribution < 1.29 is 5.11 Å². The fourth-order valence-corrected chi connectivity index (χ4v) is 0.750. The van der Waals surface area contributed by atoms with Crippen LogP contribution in [0.25, 0.3) is 0 Å². The summed E-state index contributed by atoms with van der Waals surface area (Å²) < 4.78 is 0. The quantitative estimate of drug-likeness (QED) is 0.657. The molecule has 0 unspecified atom stereocenters. The predicted molar refractivity (Wildman–Crippen MR) is 51.7 cm³/mol. The maximum atomic E-state index is 7.88. The third-order valence-electron chi connectivity index (χ3n) is 1.22. The summed E-state index contributed by atoms with van der Waals surface area (Å²) in [5.41, 5.74) is 0.550. The number of aliphatic hydroxyl groups excluding tert-OH is 1. The average Bonchev–Trinajstić information content (AvgIpc) is 1.86. The van der Waals surface area contributed by atoms with Crippen LogP contribution >= 0.6 is 0 Å². The Kier molecular flexibility index (Phi) is 9.92. The molecule has 0 aliphatic heterocycles. The lowest BCUT2D eigenvalue weighted by atomic mass is 9.91. The van der Waals surface area contributed by atoms with E-state index in [1.807, 2.05) is 6.92 Å². The predicted octanol–water partition coefficient (Wildman–Crippen LogP) is 3.22. The van der Waals surface area contributed by atoms with E-state index in [1.54, 1.807) is 0 Å². The first-order chi connectivity index (χ1) is 4.97. The van der Waals surface area contributed by atoms with E-state index >= 15 is 0 Å². The number of hydrogen-bond donors (Lipinski definition) is 1. The molecule has 1 N–H and O–H groups in total. The molecule has 11 heavy (non-hydrogen) atoms. The van der Waals surface area contributed by atoms with E-state index in [0.29, 0.717) is 12.0 Å². The van der Waals surface area contributed by atoms with Gasteiger partial charge in [-0.1, -0.05) is 41.0 Å². The molecular weight excluding hydrogens is 136 g/mol. The van der Waals surface area contributed by atoms with Gasteiger partial charge in [0.25, 0.3) is 0 Å². The van der Waals surface area contributed by atoms with Crippen molar-refractivity contribution in [2.24, 2.45) is 5.41 Å². The highest BCUT2D eigenvalue weighted by Crippen LogP contribution is 2.19. The minimum atomic E-state index is 0.319. The molecular formula is C10H24O. The highest BCUT2D eigenvalue weighted by Gasteiger charge is 2.06. The van der Waals surface area contributed by atoms with Gasteiger partial charge in [-0.05, 0) is 18.3 Å². The van der Waals surface area contributed by atoms with Crippen LogP contribution in [0, 0.1) is 5.41 Å². The molecule has 0 aliphatic carbocycles. The molecule has 0 atom stereocenters. The Morgan fingerprint density at radius 2 is 1.36 bits per heavy atom. The zero-order valence-electron chi connectivity index (χ0n) is 8.78. The first kappa shape index (κ1) is 13.5. The molecule has 0 fully saturated rings. The summed E-state index contributed by atoms with van der Waals surface area (Å²) in [6.07, 6.45) is 3.52. The summed E-state index contributed by atoms with van der Waals surface area (Å²) in [5, 5.41) is 7.88. The normalized spacial score (nSPS) is 10.4. The van der Waals surface area contributed by atoms with Crippen LogP contribution in [0.4, 0.5) is 0 Å². The van der Waals surface area contributed by atoms with Crippen molar-refractivity contribution in [2.45, 2.75) is 53.9 Å². The molecule has 0 rings (SSSR count). The van der Waals surface area contributed by atoms with Gasteiger partial charge in [-0.25, -0.2) is 0 Å². The summed E-state index contributed by atoms with van der Waals surface area (Å²) in [4.78, 5) is 0. The first-order valence-electron chi connectivity index (χ1n) is 4.58. The molecule has 0 spiro atoms. The Balaban J connectivity index is 0. The Morgan fingerprint density at radius 3 is 1.36 bits per heavy atom. The van der Waals surface area contributed by atoms with Crippen molar-refractivity contribution >= 4 is 0 Å². The molecule has 0 bridgehead atoms. The van der Waals surface area contributed by atoms with Gasteiger partial charge >= 0.3 is 0 Å². The average molecular weight is 160 g/mol. The lowest BCUT2D eigenvalue weighted by Crippen LogP contribution is -2.02. The second-order valence-electron chi connectivity index (χ2n) is 4.03. The zero-order valence-corrected chi connectivity index (χ0v) is 8.78. The number of aliphatic hydroxyl groups is 1. The van der Waals surface area contributed by atoms with Gasteiger partial charge in [-0.15, -0.1) is 0 Å². The van der Waals surface area contributed by atoms with Crippen LogP contribution in [0.5, 0.6) is 0 Å². The molecule has 1 nitrogen and oxygen atoms in total. The van der Waals surface area contributed by atoms with Crippen LogP contribution in [0.3, 0.4) is 0 Å². The molecule has 0 heterocycles. The van der Waals surface area contributed by atoms with Crippen molar-refractivity contribution in [1.82, 2.24) is 0 Å². The van der Waals surface area contributed by atoms with Gasteiger partial charge in [0.05, 0.1) is 0 Å². The SMILES string of the molecule is CCCC(C)(C)C.CCCO. The summed E-state index contributed by atoms with van der Waals surface area (Å²) in [5.74, 6) is 0. The van der Waals surface area contributed by atoms with E-state index in [0.717, 1.165) is 6.42 Å². The number of rotatable bonds is 2. The van der Waals surface area contributed by atoms with Crippen LogP contribution in [-0.2, 0) is 0 Å². The maximum Gasteiger partial charge on any atom is 0.0428 e. The topological polar surface area (TPSA) is 20.2 Å². The van der Waals surface area contributed by atoms with Crippen LogP contribution in [-0.4, -0.2) is 11.7 Å². The highest BCUT2D eigenvalue weighted by atomic mass is 16.2. The van der Waals surface area contributed by atoms with Gasteiger partial charge in [0.2, 0.25) is 0 Å². The van der Waals surface area contributed by atoms with Crippen molar-refractivity contribution in [1.29, 1.82) is 0 Å². The Labute approximate surface area is 71.8 Å². The maximum absolute atomic E-state index is 7.88. The second-order valence-corrected chi connectivity index (χ2v) is 4.03. The minimum absolute atomic E-state index is 0.319. The third kappa shape index (κ3) is 25.7. The van der Waals surface area contributed by atoms with Gasteiger partial charge in [-0.3, -0.25) is 0 Å². The largest absolute Gasteiger partial charge is 0.396 e. The molecule has 0 aromatic rings. The smallest absolute Gasteiger partial charge is 0.0428 e. The first-order valence-corrected chi connectivity index (χ1v) is 4.58. The third-order valence-corrected chi connectivity index (χ3v) is 1.22. The lowest BCUT2D eigenvalue weighted by molar-refractivity contribution is 0.295. The van der Waals surface area contributed by atoms with E-state index in [1.165, 1.54) is 12.8 Å². The van der Waals surface area contributed by atoms with Gasteiger partial charge in [-0.2, -0.15) is 0 Å². The van der Waals surface area contributed by atoms with Crippen molar-refractivity contribution in [3.8, 4) is 0 Å². The molecule has 0 aromatic carbocycles. The molecule has 0 saturated heterocycles.